The Bertz CT molecular complexity index is 601. The van der Waals surface area contributed by atoms with Crippen molar-refractivity contribution in [2.75, 3.05) is 19.0 Å². The molecule has 20 heavy (non-hydrogen) atoms. The van der Waals surface area contributed by atoms with Crippen molar-refractivity contribution in [1.82, 2.24) is 5.16 Å². The Balaban J connectivity index is 2.21. The van der Waals surface area contributed by atoms with E-state index in [0.29, 0.717) is 6.42 Å². The molecule has 0 aliphatic rings. The van der Waals surface area contributed by atoms with Crippen LogP contribution in [0.3, 0.4) is 0 Å². The topological polar surface area (TPSA) is 53.1 Å². The number of nitrogens with zero attached hydrogens (tertiary/aromatic N) is 3. The predicted octanol–water partition coefficient (Wildman–Crippen LogP) is 3.21. The largest absolute Gasteiger partial charge is 0.378 e. The highest BCUT2D eigenvalue weighted by Gasteiger charge is 2.20. The molecule has 0 radical (unpaired) electrons. The van der Waals surface area contributed by atoms with E-state index in [1.165, 1.54) is 0 Å². The highest BCUT2D eigenvalue weighted by atomic mass is 16.5. The van der Waals surface area contributed by atoms with E-state index in [0.717, 1.165) is 28.3 Å². The molecule has 4 heteroatoms. The molecule has 0 fully saturated rings. The van der Waals surface area contributed by atoms with Crippen LogP contribution in [0.4, 0.5) is 5.69 Å². The molecule has 1 unspecified atom stereocenters. The van der Waals surface area contributed by atoms with Crippen LogP contribution in [-0.4, -0.2) is 19.3 Å². The van der Waals surface area contributed by atoms with Crippen LogP contribution in [0, 0.1) is 25.2 Å². The number of benzene rings is 1. The first-order chi connectivity index (χ1) is 9.52. The maximum atomic E-state index is 9.42. The molecule has 0 aliphatic heterocycles. The first kappa shape index (κ1) is 14.1. The Morgan fingerprint density at radius 2 is 1.90 bits per heavy atom. The molecule has 0 saturated carbocycles. The third kappa shape index (κ3) is 2.83. The van der Waals surface area contributed by atoms with Crippen LogP contribution >= 0.6 is 0 Å². The van der Waals surface area contributed by atoms with E-state index in [4.69, 9.17) is 4.52 Å². The lowest BCUT2D eigenvalue weighted by Gasteiger charge is -2.14. The summed E-state index contributed by atoms with van der Waals surface area (Å²) in [4.78, 5) is 2.06. The van der Waals surface area contributed by atoms with Gasteiger partial charge in [0.05, 0.1) is 17.7 Å². The summed E-state index contributed by atoms with van der Waals surface area (Å²) in [5.41, 5.74) is 4.02. The monoisotopic (exact) mass is 269 g/mol. The van der Waals surface area contributed by atoms with Gasteiger partial charge in [-0.05, 0) is 38.0 Å². The minimum atomic E-state index is -0.216. The number of rotatable bonds is 4. The molecule has 1 heterocycles. The fourth-order valence-corrected chi connectivity index (χ4v) is 2.37. The van der Waals surface area contributed by atoms with Gasteiger partial charge >= 0.3 is 0 Å². The van der Waals surface area contributed by atoms with Crippen molar-refractivity contribution in [1.29, 1.82) is 5.26 Å². The summed E-state index contributed by atoms with van der Waals surface area (Å²) in [6.07, 6.45) is 0.674. The Morgan fingerprint density at radius 3 is 2.35 bits per heavy atom. The molecule has 1 aromatic heterocycles. The number of hydrogen-bond acceptors (Lipinski definition) is 4. The van der Waals surface area contributed by atoms with Crippen molar-refractivity contribution >= 4 is 5.69 Å². The first-order valence-electron chi connectivity index (χ1n) is 6.61. The van der Waals surface area contributed by atoms with E-state index in [-0.39, 0.29) is 5.92 Å². The Kier molecular flexibility index (Phi) is 4.09. The molecule has 1 atom stereocenters. The maximum absolute atomic E-state index is 9.42. The van der Waals surface area contributed by atoms with E-state index in [2.05, 4.69) is 40.4 Å². The zero-order valence-corrected chi connectivity index (χ0v) is 12.3. The van der Waals surface area contributed by atoms with Gasteiger partial charge in [-0.2, -0.15) is 5.26 Å². The lowest BCUT2D eigenvalue weighted by atomic mass is 9.92. The second-order valence-electron chi connectivity index (χ2n) is 5.18. The van der Waals surface area contributed by atoms with Crippen molar-refractivity contribution in [3.05, 3.63) is 46.8 Å². The second-order valence-corrected chi connectivity index (χ2v) is 5.18. The first-order valence-corrected chi connectivity index (χ1v) is 6.61. The summed E-state index contributed by atoms with van der Waals surface area (Å²) >= 11 is 0. The third-order valence-electron chi connectivity index (χ3n) is 3.49. The Hall–Kier alpha value is -2.28. The molecular formula is C16H19N3O. The SMILES string of the molecule is Cc1noc(C)c1C(C#N)Cc1ccc(N(C)C)cc1. The molecule has 4 nitrogen and oxygen atoms in total. The Labute approximate surface area is 119 Å². The molecule has 104 valence electrons. The molecule has 2 aromatic rings. The fourth-order valence-electron chi connectivity index (χ4n) is 2.37. The summed E-state index contributed by atoms with van der Waals surface area (Å²) in [7, 11) is 4.02. The van der Waals surface area contributed by atoms with Crippen molar-refractivity contribution in [3.63, 3.8) is 0 Å². The number of aromatic nitrogens is 1. The van der Waals surface area contributed by atoms with E-state index < -0.39 is 0 Å². The van der Waals surface area contributed by atoms with Crippen LogP contribution < -0.4 is 4.90 Å². The van der Waals surface area contributed by atoms with Crippen molar-refractivity contribution in [2.45, 2.75) is 26.2 Å². The van der Waals surface area contributed by atoms with Gasteiger partial charge in [0.25, 0.3) is 0 Å². The number of nitriles is 1. The summed E-state index contributed by atoms with van der Waals surface area (Å²) in [5, 5.41) is 13.4. The average molecular weight is 269 g/mol. The smallest absolute Gasteiger partial charge is 0.138 e. The van der Waals surface area contributed by atoms with Crippen molar-refractivity contribution in [3.8, 4) is 6.07 Å². The highest BCUT2D eigenvalue weighted by Crippen LogP contribution is 2.27. The fraction of sp³-hybridized carbons (Fsp3) is 0.375. The second kappa shape index (κ2) is 5.79. The van der Waals surface area contributed by atoms with Gasteiger partial charge in [0.2, 0.25) is 0 Å². The molecule has 2 rings (SSSR count). The normalized spacial score (nSPS) is 11.9. The lowest BCUT2D eigenvalue weighted by molar-refractivity contribution is 0.392. The summed E-state index contributed by atoms with van der Waals surface area (Å²) < 4.78 is 5.16. The van der Waals surface area contributed by atoms with Gasteiger partial charge < -0.3 is 9.42 Å². The lowest BCUT2D eigenvalue weighted by Crippen LogP contribution is -2.08. The third-order valence-corrected chi connectivity index (χ3v) is 3.49. The molecule has 0 amide bonds. The van der Waals surface area contributed by atoms with Crippen LogP contribution in [0.25, 0.3) is 0 Å². The van der Waals surface area contributed by atoms with E-state index >= 15 is 0 Å². The maximum Gasteiger partial charge on any atom is 0.138 e. The molecule has 0 aliphatic carbocycles. The van der Waals surface area contributed by atoms with E-state index in [9.17, 15) is 5.26 Å². The molecule has 0 N–H and O–H groups in total. The van der Waals surface area contributed by atoms with Crippen LogP contribution in [0.5, 0.6) is 0 Å². The molecule has 1 aromatic carbocycles. The van der Waals surface area contributed by atoms with Gasteiger partial charge in [-0.25, -0.2) is 0 Å². The van der Waals surface area contributed by atoms with Gasteiger partial charge in [-0.1, -0.05) is 17.3 Å². The quantitative estimate of drug-likeness (QED) is 0.855. The van der Waals surface area contributed by atoms with Gasteiger partial charge in [0.1, 0.15) is 5.76 Å². The van der Waals surface area contributed by atoms with Gasteiger partial charge in [-0.15, -0.1) is 0 Å². The molecule has 0 bridgehead atoms. The van der Waals surface area contributed by atoms with Crippen molar-refractivity contribution in [2.24, 2.45) is 0 Å². The molecular weight excluding hydrogens is 250 g/mol. The van der Waals surface area contributed by atoms with E-state index in [1.54, 1.807) is 0 Å². The van der Waals surface area contributed by atoms with Gasteiger partial charge in [0.15, 0.2) is 0 Å². The number of hydrogen-bond donors (Lipinski definition) is 0. The predicted molar refractivity (Wildman–Crippen MR) is 78.8 cm³/mol. The zero-order chi connectivity index (χ0) is 14.7. The molecule has 0 spiro atoms. The van der Waals surface area contributed by atoms with Crippen LogP contribution in [0.2, 0.25) is 0 Å². The standard InChI is InChI=1S/C16H19N3O/c1-11-16(12(2)20-18-11)14(10-17)9-13-5-7-15(8-6-13)19(3)4/h5-8,14H,9H2,1-4H3. The Morgan fingerprint density at radius 1 is 1.25 bits per heavy atom. The summed E-state index contributed by atoms with van der Waals surface area (Å²) in [6.45, 7) is 3.74. The number of aryl methyl sites for hydroxylation is 2. The highest BCUT2D eigenvalue weighted by molar-refractivity contribution is 5.46. The van der Waals surface area contributed by atoms with Gasteiger partial charge in [0, 0.05) is 25.3 Å². The van der Waals surface area contributed by atoms with Gasteiger partial charge in [-0.3, -0.25) is 0 Å². The van der Waals surface area contributed by atoms with Crippen LogP contribution in [-0.2, 0) is 6.42 Å². The van der Waals surface area contributed by atoms with Crippen LogP contribution in [0.15, 0.2) is 28.8 Å². The average Bonchev–Trinajstić information content (AvgIpc) is 2.76. The minimum absolute atomic E-state index is 0.216. The minimum Gasteiger partial charge on any atom is -0.378 e. The zero-order valence-electron chi connectivity index (χ0n) is 12.3. The molecule has 0 saturated heterocycles. The van der Waals surface area contributed by atoms with Crippen LogP contribution in [0.1, 0.15) is 28.5 Å². The summed E-state index contributed by atoms with van der Waals surface area (Å²) in [6, 6.07) is 10.6. The number of anilines is 1. The van der Waals surface area contributed by atoms with E-state index in [1.807, 2.05) is 27.9 Å². The summed E-state index contributed by atoms with van der Waals surface area (Å²) in [5.74, 6) is 0.519. The van der Waals surface area contributed by atoms with Crippen molar-refractivity contribution < 1.29 is 4.52 Å².